The van der Waals surface area contributed by atoms with E-state index in [-0.39, 0.29) is 11.9 Å². The van der Waals surface area contributed by atoms with Crippen molar-refractivity contribution in [2.24, 2.45) is 0 Å². The molecule has 0 aliphatic carbocycles. The number of nitriles is 1. The smallest absolute Gasteiger partial charge is 0.339 e. The number of benzene rings is 1. The van der Waals surface area contributed by atoms with E-state index in [9.17, 15) is 9.59 Å². The first-order valence-electron chi connectivity index (χ1n) is 11.8. The summed E-state index contributed by atoms with van der Waals surface area (Å²) in [6.45, 7) is 9.97. The summed E-state index contributed by atoms with van der Waals surface area (Å²) in [7, 11) is 0. The van der Waals surface area contributed by atoms with Crippen LogP contribution in [-0.4, -0.2) is 67.6 Å². The second-order valence-electron chi connectivity index (χ2n) is 8.46. The topological polar surface area (TPSA) is 89.8 Å². The largest absolute Gasteiger partial charge is 0.462 e. The van der Waals surface area contributed by atoms with Gasteiger partial charge in [-0.05, 0) is 62.6 Å². The van der Waals surface area contributed by atoms with E-state index in [2.05, 4.69) is 20.9 Å². The lowest BCUT2D eigenvalue weighted by molar-refractivity contribution is -0.119. The van der Waals surface area contributed by atoms with E-state index in [1.165, 1.54) is 5.56 Å². The minimum Gasteiger partial charge on any atom is -0.462 e. The number of nitrogens with zero attached hydrogens (tertiary/aromatic N) is 5. The van der Waals surface area contributed by atoms with Crippen LogP contribution in [0.15, 0.2) is 36.5 Å². The Bertz CT molecular complexity index is 1030. The number of anilines is 2. The molecule has 1 amide bonds. The first-order chi connectivity index (χ1) is 16.4. The number of esters is 1. The molecule has 1 fully saturated rings. The molecule has 8 nitrogen and oxygen atoms in total. The summed E-state index contributed by atoms with van der Waals surface area (Å²) < 4.78 is 5.02. The van der Waals surface area contributed by atoms with Gasteiger partial charge in [0.2, 0.25) is 5.91 Å². The Morgan fingerprint density at radius 2 is 1.94 bits per heavy atom. The average molecular weight is 464 g/mol. The van der Waals surface area contributed by atoms with E-state index in [1.54, 1.807) is 24.1 Å². The van der Waals surface area contributed by atoms with E-state index in [1.807, 2.05) is 38.1 Å². The highest BCUT2D eigenvalue weighted by molar-refractivity contribution is 5.95. The normalized spacial score (nSPS) is 14.2. The van der Waals surface area contributed by atoms with Crippen LogP contribution >= 0.6 is 0 Å². The van der Waals surface area contributed by atoms with Crippen molar-refractivity contribution in [2.75, 3.05) is 55.7 Å². The minimum absolute atomic E-state index is 0.00358. The van der Waals surface area contributed by atoms with Crippen molar-refractivity contribution < 1.29 is 14.3 Å². The molecular formula is C26H33N5O3. The summed E-state index contributed by atoms with van der Waals surface area (Å²) in [4.78, 5) is 35.6. The number of carbonyl (C=O) groups is 2. The number of rotatable bonds is 8. The molecule has 0 atom stereocenters. The Hall–Kier alpha value is -3.44. The molecule has 2 heterocycles. The van der Waals surface area contributed by atoms with Gasteiger partial charge in [-0.15, -0.1) is 0 Å². The monoisotopic (exact) mass is 463 g/mol. The van der Waals surface area contributed by atoms with Crippen molar-refractivity contribution in [3.8, 4) is 6.07 Å². The van der Waals surface area contributed by atoms with Crippen LogP contribution < -0.4 is 9.80 Å². The zero-order valence-electron chi connectivity index (χ0n) is 20.3. The maximum atomic E-state index is 13.2. The SMILES string of the molecule is CCOC(=O)c1ccc(N2CCCN(CC(=O)N(CCC#N)c3ccc(C)c(C)c3)CC2)nc1. The lowest BCUT2D eigenvalue weighted by atomic mass is 10.1. The first kappa shape index (κ1) is 25.2. The molecule has 0 bridgehead atoms. The van der Waals surface area contributed by atoms with Gasteiger partial charge in [-0.25, -0.2) is 9.78 Å². The number of carbonyl (C=O) groups excluding carboxylic acids is 2. The van der Waals surface area contributed by atoms with Crippen LogP contribution in [0.3, 0.4) is 0 Å². The van der Waals surface area contributed by atoms with Crippen LogP contribution in [0.4, 0.5) is 11.5 Å². The van der Waals surface area contributed by atoms with Crippen molar-refractivity contribution in [3.05, 3.63) is 53.2 Å². The molecule has 1 saturated heterocycles. The molecule has 1 aliphatic heterocycles. The second-order valence-corrected chi connectivity index (χ2v) is 8.46. The highest BCUT2D eigenvalue weighted by Gasteiger charge is 2.22. The van der Waals surface area contributed by atoms with E-state index >= 15 is 0 Å². The van der Waals surface area contributed by atoms with Gasteiger partial charge in [0.1, 0.15) is 5.82 Å². The molecule has 1 aromatic heterocycles. The fourth-order valence-corrected chi connectivity index (χ4v) is 4.00. The molecule has 0 N–H and O–H groups in total. The Morgan fingerprint density at radius 3 is 2.62 bits per heavy atom. The van der Waals surface area contributed by atoms with Crippen LogP contribution in [0, 0.1) is 25.2 Å². The van der Waals surface area contributed by atoms with Gasteiger partial charge < -0.3 is 14.5 Å². The summed E-state index contributed by atoms with van der Waals surface area (Å²) in [6.07, 6.45) is 2.74. The molecule has 1 aliphatic rings. The van der Waals surface area contributed by atoms with E-state index < -0.39 is 0 Å². The number of aryl methyl sites for hydroxylation is 2. The lowest BCUT2D eigenvalue weighted by Crippen LogP contribution is -2.42. The third kappa shape index (κ3) is 6.55. The number of hydrogen-bond donors (Lipinski definition) is 0. The van der Waals surface area contributed by atoms with Gasteiger partial charge in [-0.3, -0.25) is 9.69 Å². The number of ether oxygens (including phenoxy) is 1. The quantitative estimate of drug-likeness (QED) is 0.555. The Balaban J connectivity index is 1.62. The van der Waals surface area contributed by atoms with Crippen LogP contribution in [-0.2, 0) is 9.53 Å². The van der Waals surface area contributed by atoms with Crippen LogP contribution in [0.1, 0.15) is 41.3 Å². The molecule has 0 radical (unpaired) electrons. The van der Waals surface area contributed by atoms with E-state index in [0.717, 1.165) is 49.7 Å². The van der Waals surface area contributed by atoms with Crippen LogP contribution in [0.5, 0.6) is 0 Å². The fraction of sp³-hybridized carbons (Fsp3) is 0.462. The van der Waals surface area contributed by atoms with Gasteiger partial charge in [-0.1, -0.05) is 6.07 Å². The first-order valence-corrected chi connectivity index (χ1v) is 11.8. The van der Waals surface area contributed by atoms with E-state index in [4.69, 9.17) is 10.00 Å². The van der Waals surface area contributed by atoms with Crippen LogP contribution in [0.25, 0.3) is 0 Å². The Morgan fingerprint density at radius 1 is 1.12 bits per heavy atom. The maximum absolute atomic E-state index is 13.2. The minimum atomic E-state index is -0.369. The van der Waals surface area contributed by atoms with Crippen molar-refractivity contribution in [1.29, 1.82) is 5.26 Å². The number of amides is 1. The predicted molar refractivity (Wildman–Crippen MR) is 132 cm³/mol. The third-order valence-electron chi connectivity index (χ3n) is 6.08. The van der Waals surface area contributed by atoms with Gasteiger partial charge in [0.05, 0.1) is 31.2 Å². The van der Waals surface area contributed by atoms with Crippen LogP contribution in [0.2, 0.25) is 0 Å². The molecule has 0 spiro atoms. The summed E-state index contributed by atoms with van der Waals surface area (Å²) in [6, 6.07) is 11.7. The molecular weight excluding hydrogens is 430 g/mol. The number of pyridine rings is 1. The molecule has 34 heavy (non-hydrogen) atoms. The molecule has 0 saturated carbocycles. The van der Waals surface area contributed by atoms with Gasteiger partial charge in [0.15, 0.2) is 0 Å². The van der Waals surface area contributed by atoms with E-state index in [0.29, 0.717) is 31.7 Å². The number of aromatic nitrogens is 1. The van der Waals surface area contributed by atoms with Gasteiger partial charge in [0, 0.05) is 44.6 Å². The molecule has 8 heteroatoms. The molecule has 180 valence electrons. The molecule has 2 aromatic rings. The van der Waals surface area contributed by atoms with Crippen molar-refractivity contribution >= 4 is 23.4 Å². The lowest BCUT2D eigenvalue weighted by Gasteiger charge is -2.27. The number of hydrogen-bond acceptors (Lipinski definition) is 7. The molecule has 3 rings (SSSR count). The van der Waals surface area contributed by atoms with Crippen molar-refractivity contribution in [1.82, 2.24) is 9.88 Å². The van der Waals surface area contributed by atoms with Crippen molar-refractivity contribution in [3.63, 3.8) is 0 Å². The van der Waals surface area contributed by atoms with Crippen molar-refractivity contribution in [2.45, 2.75) is 33.6 Å². The second kappa shape index (κ2) is 12.1. The summed E-state index contributed by atoms with van der Waals surface area (Å²) in [5.74, 6) is 0.447. The van der Waals surface area contributed by atoms with Gasteiger partial charge in [0.25, 0.3) is 0 Å². The average Bonchev–Trinajstić information content (AvgIpc) is 3.07. The predicted octanol–water partition coefficient (Wildman–Crippen LogP) is 3.33. The zero-order valence-corrected chi connectivity index (χ0v) is 20.3. The molecule has 1 aromatic carbocycles. The molecule has 0 unspecified atom stereocenters. The summed E-state index contributed by atoms with van der Waals surface area (Å²) in [5, 5.41) is 9.08. The zero-order chi connectivity index (χ0) is 24.5. The third-order valence-corrected chi connectivity index (χ3v) is 6.08. The summed E-state index contributed by atoms with van der Waals surface area (Å²) in [5.41, 5.74) is 3.58. The Kier molecular flexibility index (Phi) is 9.00. The fourth-order valence-electron chi connectivity index (χ4n) is 4.00. The van der Waals surface area contributed by atoms with Gasteiger partial charge >= 0.3 is 5.97 Å². The standard InChI is InChI=1S/C26H33N5O3/c1-4-34-26(33)22-8-10-24(28-18-22)30-13-6-12-29(15-16-30)19-25(32)31(14-5-11-27)23-9-7-20(2)21(3)17-23/h7-10,17-18H,4-6,12-16,19H2,1-3H3. The Labute approximate surface area is 201 Å². The highest BCUT2D eigenvalue weighted by Crippen LogP contribution is 2.20. The highest BCUT2D eigenvalue weighted by atomic mass is 16.5. The summed E-state index contributed by atoms with van der Waals surface area (Å²) >= 11 is 0. The maximum Gasteiger partial charge on any atom is 0.339 e. The van der Waals surface area contributed by atoms with Gasteiger partial charge in [-0.2, -0.15) is 5.26 Å².